The standard InChI is InChI=1S/C14H15N3O3/c18-13-11-7-3-4-8-12(11)15-16-17(13)9-20-14(19)10-5-1-2-6-10/h3-4,7-8,10H,1-2,5-6,9H2. The lowest BCUT2D eigenvalue weighted by atomic mass is 10.1. The third-order valence-electron chi connectivity index (χ3n) is 3.65. The molecule has 0 aliphatic heterocycles. The van der Waals surface area contributed by atoms with Gasteiger partial charge in [0.15, 0.2) is 6.73 Å². The van der Waals surface area contributed by atoms with Crippen LogP contribution in [0.5, 0.6) is 0 Å². The smallest absolute Gasteiger partial charge is 0.310 e. The highest BCUT2D eigenvalue weighted by molar-refractivity contribution is 5.76. The van der Waals surface area contributed by atoms with Crippen LogP contribution in [0.15, 0.2) is 29.1 Å². The summed E-state index contributed by atoms with van der Waals surface area (Å²) >= 11 is 0. The van der Waals surface area contributed by atoms with Crippen LogP contribution in [0.1, 0.15) is 25.7 Å². The molecule has 1 saturated carbocycles. The van der Waals surface area contributed by atoms with Crippen LogP contribution >= 0.6 is 0 Å². The first-order valence-electron chi connectivity index (χ1n) is 6.75. The van der Waals surface area contributed by atoms with E-state index in [9.17, 15) is 9.59 Å². The highest BCUT2D eigenvalue weighted by atomic mass is 16.5. The van der Waals surface area contributed by atoms with Crippen molar-refractivity contribution in [1.82, 2.24) is 15.0 Å². The Hall–Kier alpha value is -2.24. The number of ether oxygens (including phenoxy) is 1. The van der Waals surface area contributed by atoms with E-state index >= 15 is 0 Å². The van der Waals surface area contributed by atoms with E-state index in [2.05, 4.69) is 10.3 Å². The van der Waals surface area contributed by atoms with Gasteiger partial charge in [0, 0.05) is 0 Å². The molecule has 1 fully saturated rings. The Labute approximate surface area is 115 Å². The van der Waals surface area contributed by atoms with Crippen LogP contribution in [0.3, 0.4) is 0 Å². The molecule has 2 aromatic rings. The van der Waals surface area contributed by atoms with E-state index in [1.165, 1.54) is 0 Å². The lowest BCUT2D eigenvalue weighted by molar-refractivity contribution is -0.152. The quantitative estimate of drug-likeness (QED) is 0.792. The number of nitrogens with zero attached hydrogens (tertiary/aromatic N) is 3. The van der Waals surface area contributed by atoms with Crippen molar-refractivity contribution in [2.75, 3.05) is 0 Å². The summed E-state index contributed by atoms with van der Waals surface area (Å²) in [6.45, 7) is -0.175. The Morgan fingerprint density at radius 1 is 1.30 bits per heavy atom. The van der Waals surface area contributed by atoms with E-state index < -0.39 is 0 Å². The summed E-state index contributed by atoms with van der Waals surface area (Å²) in [7, 11) is 0. The summed E-state index contributed by atoms with van der Waals surface area (Å²) < 4.78 is 6.24. The average molecular weight is 273 g/mol. The molecule has 6 heteroatoms. The molecule has 1 aromatic heterocycles. The predicted molar refractivity (Wildman–Crippen MR) is 71.8 cm³/mol. The van der Waals surface area contributed by atoms with Crippen LogP contribution in [-0.4, -0.2) is 21.0 Å². The number of rotatable bonds is 3. The molecule has 0 radical (unpaired) electrons. The number of hydrogen-bond donors (Lipinski definition) is 0. The fraction of sp³-hybridized carbons (Fsp3) is 0.429. The highest BCUT2D eigenvalue weighted by Crippen LogP contribution is 2.25. The van der Waals surface area contributed by atoms with E-state index in [1.807, 2.05) is 0 Å². The van der Waals surface area contributed by atoms with Gasteiger partial charge in [-0.25, -0.2) is 0 Å². The van der Waals surface area contributed by atoms with Gasteiger partial charge in [0.05, 0.1) is 11.3 Å². The van der Waals surface area contributed by atoms with Crippen molar-refractivity contribution in [2.24, 2.45) is 5.92 Å². The monoisotopic (exact) mass is 273 g/mol. The molecule has 0 unspecified atom stereocenters. The van der Waals surface area contributed by atoms with Crippen molar-refractivity contribution < 1.29 is 9.53 Å². The van der Waals surface area contributed by atoms with Crippen molar-refractivity contribution >= 4 is 16.9 Å². The van der Waals surface area contributed by atoms with Crippen molar-refractivity contribution in [3.63, 3.8) is 0 Å². The van der Waals surface area contributed by atoms with Gasteiger partial charge in [-0.2, -0.15) is 4.68 Å². The van der Waals surface area contributed by atoms with Crippen LogP contribution < -0.4 is 5.56 Å². The van der Waals surface area contributed by atoms with Gasteiger partial charge in [-0.3, -0.25) is 9.59 Å². The number of esters is 1. The Kier molecular flexibility index (Phi) is 3.45. The number of carbonyl (C=O) groups excluding carboxylic acids is 1. The van der Waals surface area contributed by atoms with Gasteiger partial charge in [-0.05, 0) is 25.0 Å². The lowest BCUT2D eigenvalue weighted by Crippen LogP contribution is -2.27. The van der Waals surface area contributed by atoms with Crippen LogP contribution in [0, 0.1) is 5.92 Å². The van der Waals surface area contributed by atoms with Crippen LogP contribution in [0.25, 0.3) is 10.9 Å². The molecule has 0 bridgehead atoms. The first-order chi connectivity index (χ1) is 9.75. The fourth-order valence-electron chi connectivity index (χ4n) is 2.51. The van der Waals surface area contributed by atoms with Crippen molar-refractivity contribution in [2.45, 2.75) is 32.4 Å². The second-order valence-electron chi connectivity index (χ2n) is 4.99. The minimum Gasteiger partial charge on any atom is -0.442 e. The van der Waals surface area contributed by atoms with Gasteiger partial charge in [0.2, 0.25) is 0 Å². The van der Waals surface area contributed by atoms with E-state index in [0.717, 1.165) is 30.4 Å². The molecule has 20 heavy (non-hydrogen) atoms. The second kappa shape index (κ2) is 5.40. The maximum Gasteiger partial charge on any atom is 0.310 e. The molecule has 0 amide bonds. The summed E-state index contributed by atoms with van der Waals surface area (Å²) in [5, 5.41) is 8.19. The summed E-state index contributed by atoms with van der Waals surface area (Å²) in [6.07, 6.45) is 3.87. The molecule has 0 spiro atoms. The Bertz CT molecular complexity index is 689. The fourth-order valence-corrected chi connectivity index (χ4v) is 2.51. The molecule has 1 aliphatic rings. The number of carbonyl (C=O) groups is 1. The number of benzene rings is 1. The topological polar surface area (TPSA) is 74.1 Å². The van der Waals surface area contributed by atoms with Gasteiger partial charge in [-0.15, -0.1) is 5.10 Å². The zero-order valence-corrected chi connectivity index (χ0v) is 11.0. The number of fused-ring (bicyclic) bond motifs is 1. The second-order valence-corrected chi connectivity index (χ2v) is 4.99. The molecule has 6 nitrogen and oxygen atoms in total. The van der Waals surface area contributed by atoms with E-state index in [-0.39, 0.29) is 24.2 Å². The first kappa shape index (κ1) is 12.8. The van der Waals surface area contributed by atoms with Crippen molar-refractivity contribution in [1.29, 1.82) is 0 Å². The molecular weight excluding hydrogens is 258 g/mol. The normalized spacial score (nSPS) is 15.6. The molecule has 104 valence electrons. The van der Waals surface area contributed by atoms with Crippen molar-refractivity contribution in [3.05, 3.63) is 34.6 Å². The molecule has 1 aliphatic carbocycles. The molecule has 3 rings (SSSR count). The van der Waals surface area contributed by atoms with Crippen LogP contribution in [-0.2, 0) is 16.3 Å². The SMILES string of the molecule is O=C(OCn1nnc2ccccc2c1=O)C1CCCC1. The maximum absolute atomic E-state index is 12.1. The van der Waals surface area contributed by atoms with Crippen molar-refractivity contribution in [3.8, 4) is 0 Å². The molecule has 0 saturated heterocycles. The predicted octanol–water partition coefficient (Wildman–Crippen LogP) is 1.48. The molecule has 0 atom stereocenters. The van der Waals surface area contributed by atoms with E-state index in [4.69, 9.17) is 4.74 Å². The molecule has 1 heterocycles. The minimum atomic E-state index is -0.296. The third kappa shape index (κ3) is 2.41. The van der Waals surface area contributed by atoms with E-state index in [1.54, 1.807) is 24.3 Å². The van der Waals surface area contributed by atoms with Gasteiger partial charge in [-0.1, -0.05) is 30.2 Å². The minimum absolute atomic E-state index is 0.0286. The third-order valence-corrected chi connectivity index (χ3v) is 3.65. The average Bonchev–Trinajstić information content (AvgIpc) is 3.01. The maximum atomic E-state index is 12.1. The zero-order chi connectivity index (χ0) is 13.9. The number of aromatic nitrogens is 3. The summed E-state index contributed by atoms with van der Waals surface area (Å²) in [6, 6.07) is 6.96. The summed E-state index contributed by atoms with van der Waals surface area (Å²) in [5.74, 6) is -0.275. The highest BCUT2D eigenvalue weighted by Gasteiger charge is 2.24. The first-order valence-corrected chi connectivity index (χ1v) is 6.75. The van der Waals surface area contributed by atoms with Gasteiger partial charge in [0.25, 0.3) is 5.56 Å². The van der Waals surface area contributed by atoms with Gasteiger partial charge >= 0.3 is 5.97 Å². The van der Waals surface area contributed by atoms with E-state index in [0.29, 0.717) is 10.9 Å². The zero-order valence-electron chi connectivity index (χ0n) is 11.0. The Morgan fingerprint density at radius 2 is 2.05 bits per heavy atom. The summed E-state index contributed by atoms with van der Waals surface area (Å²) in [4.78, 5) is 23.9. The van der Waals surface area contributed by atoms with Crippen LogP contribution in [0.4, 0.5) is 0 Å². The Balaban J connectivity index is 1.76. The van der Waals surface area contributed by atoms with Gasteiger partial charge < -0.3 is 4.74 Å². The van der Waals surface area contributed by atoms with Crippen LogP contribution in [0.2, 0.25) is 0 Å². The number of hydrogen-bond acceptors (Lipinski definition) is 5. The Morgan fingerprint density at radius 3 is 2.85 bits per heavy atom. The van der Waals surface area contributed by atoms with Gasteiger partial charge in [0.1, 0.15) is 5.52 Å². The largest absolute Gasteiger partial charge is 0.442 e. The molecule has 1 aromatic carbocycles. The molecule has 0 N–H and O–H groups in total. The molecular formula is C14H15N3O3. The lowest BCUT2D eigenvalue weighted by Gasteiger charge is -2.10. The summed E-state index contributed by atoms with van der Waals surface area (Å²) in [5.41, 5.74) is 0.241.